The maximum atomic E-state index is 2.77. The Bertz CT molecular complexity index is 4790. The Morgan fingerprint density at radius 1 is 0.247 bits per heavy atom. The van der Waals surface area contributed by atoms with Crippen LogP contribution < -0.4 is 26.2 Å². The molecule has 0 fully saturated rings. The first kappa shape index (κ1) is 56.1. The van der Waals surface area contributed by atoms with Gasteiger partial charge in [-0.3, -0.25) is 0 Å². The fraction of sp³-hybridized carbons (Fsp3) is 0.200. The molecule has 4 aliphatic carbocycles. The summed E-state index contributed by atoms with van der Waals surface area (Å²) in [6, 6.07) is 98.2. The van der Waals surface area contributed by atoms with Gasteiger partial charge in [-0.15, -0.1) is 0 Å². The van der Waals surface area contributed by atoms with Gasteiger partial charge in [0, 0.05) is 33.9 Å². The first-order valence-corrected chi connectivity index (χ1v) is 33.8. The van der Waals surface area contributed by atoms with Crippen molar-refractivity contribution >= 4 is 57.2 Å². The highest BCUT2D eigenvalue weighted by molar-refractivity contribution is 7.00. The first-order chi connectivity index (χ1) is 44.7. The third-order valence-electron chi connectivity index (χ3n) is 22.3. The van der Waals surface area contributed by atoms with Crippen molar-refractivity contribution in [1.82, 2.24) is 0 Å². The van der Waals surface area contributed by atoms with E-state index in [0.29, 0.717) is 0 Å². The van der Waals surface area contributed by atoms with Gasteiger partial charge in [0.25, 0.3) is 6.71 Å². The van der Waals surface area contributed by atoms with Crippen LogP contribution in [0.1, 0.15) is 150 Å². The summed E-state index contributed by atoms with van der Waals surface area (Å²) < 4.78 is 0. The van der Waals surface area contributed by atoms with E-state index in [2.05, 4.69) is 342 Å². The number of anilines is 6. The number of fused-ring (bicyclic) bond motifs is 24. The lowest BCUT2D eigenvalue weighted by molar-refractivity contribution is 0.569. The molecule has 0 amide bonds. The van der Waals surface area contributed by atoms with Crippen LogP contribution in [0.3, 0.4) is 0 Å². The Hall–Kier alpha value is -9.70. The number of hydrogen-bond acceptors (Lipinski definition) is 2. The van der Waals surface area contributed by atoms with Crippen molar-refractivity contribution in [3.8, 4) is 55.6 Å². The van der Waals surface area contributed by atoms with Crippen LogP contribution in [0.4, 0.5) is 34.1 Å². The Morgan fingerprint density at radius 2 is 0.538 bits per heavy atom. The second-order valence-electron chi connectivity index (χ2n) is 31.6. The molecule has 2 spiro atoms. The predicted octanol–water partition coefficient (Wildman–Crippen LogP) is 21.3. The van der Waals surface area contributed by atoms with Gasteiger partial charge in [-0.05, 0) is 186 Å². The zero-order valence-electron chi connectivity index (χ0n) is 55.6. The topological polar surface area (TPSA) is 6.48 Å². The summed E-state index contributed by atoms with van der Waals surface area (Å²) in [5.41, 5.74) is 38.3. The Morgan fingerprint density at radius 3 is 0.860 bits per heavy atom. The van der Waals surface area contributed by atoms with Crippen LogP contribution in [0.2, 0.25) is 0 Å². The molecule has 0 bridgehead atoms. The van der Waals surface area contributed by atoms with Gasteiger partial charge < -0.3 is 9.80 Å². The Kier molecular flexibility index (Phi) is 11.4. The lowest BCUT2D eigenvalue weighted by atomic mass is 9.33. The lowest BCUT2D eigenvalue weighted by Gasteiger charge is -2.47. The zero-order chi connectivity index (χ0) is 63.6. The average Bonchev–Trinajstić information content (AvgIpc) is 1.56. The molecule has 2 aliphatic heterocycles. The third kappa shape index (κ3) is 7.48. The van der Waals surface area contributed by atoms with E-state index in [1.807, 2.05) is 0 Å². The minimum Gasteiger partial charge on any atom is -0.311 e. The van der Waals surface area contributed by atoms with E-state index in [9.17, 15) is 0 Å². The summed E-state index contributed by atoms with van der Waals surface area (Å²) in [5.74, 6) is 0. The normalized spacial score (nSPS) is 15.2. The Balaban J connectivity index is 1.02. The van der Waals surface area contributed by atoms with Gasteiger partial charge in [0.15, 0.2) is 0 Å². The van der Waals surface area contributed by atoms with Crippen LogP contribution >= 0.6 is 0 Å². The van der Waals surface area contributed by atoms with Gasteiger partial charge in [0.2, 0.25) is 0 Å². The van der Waals surface area contributed by atoms with Gasteiger partial charge in [-0.1, -0.05) is 295 Å². The lowest BCUT2D eigenvalue weighted by Crippen LogP contribution is -2.62. The predicted molar refractivity (Wildman–Crippen MR) is 393 cm³/mol. The van der Waals surface area contributed by atoms with E-state index >= 15 is 0 Å². The second kappa shape index (κ2) is 19.0. The van der Waals surface area contributed by atoms with E-state index < -0.39 is 10.8 Å². The van der Waals surface area contributed by atoms with Crippen LogP contribution in [0.5, 0.6) is 0 Å². The quantitative estimate of drug-likeness (QED) is 0.163. The van der Waals surface area contributed by atoms with Crippen molar-refractivity contribution in [1.29, 1.82) is 0 Å². The highest BCUT2D eigenvalue weighted by atomic mass is 15.2. The smallest absolute Gasteiger partial charge is 0.252 e. The molecule has 3 heteroatoms. The van der Waals surface area contributed by atoms with E-state index in [0.717, 1.165) is 0 Å². The molecule has 2 heterocycles. The molecule has 0 N–H and O–H groups in total. The van der Waals surface area contributed by atoms with Gasteiger partial charge in [0.1, 0.15) is 0 Å². The van der Waals surface area contributed by atoms with Crippen LogP contribution in [0.15, 0.2) is 249 Å². The monoisotopic (exact) mass is 1200 g/mol. The van der Waals surface area contributed by atoms with Gasteiger partial charge >= 0.3 is 0 Å². The summed E-state index contributed by atoms with van der Waals surface area (Å²) in [7, 11) is 0. The summed E-state index contributed by atoms with van der Waals surface area (Å²) in [4.78, 5) is 5.53. The number of benzene rings is 12. The van der Waals surface area contributed by atoms with Crippen LogP contribution in [-0.2, 0) is 32.5 Å². The van der Waals surface area contributed by atoms with Crippen LogP contribution in [0, 0.1) is 0 Å². The van der Waals surface area contributed by atoms with Crippen LogP contribution in [-0.4, -0.2) is 6.71 Å². The van der Waals surface area contributed by atoms with E-state index in [1.165, 1.54) is 173 Å². The fourth-order valence-electron chi connectivity index (χ4n) is 17.9. The summed E-state index contributed by atoms with van der Waals surface area (Å²) in [5, 5.41) is 0. The molecule has 6 aliphatic rings. The number of nitrogens with zero attached hydrogens (tertiary/aromatic N) is 2. The molecule has 0 aromatic heterocycles. The van der Waals surface area contributed by atoms with Crippen molar-refractivity contribution < 1.29 is 0 Å². The average molecular weight is 1200 g/mol. The van der Waals surface area contributed by atoms with E-state index in [4.69, 9.17) is 0 Å². The van der Waals surface area contributed by atoms with Crippen molar-refractivity contribution in [2.75, 3.05) is 9.80 Å². The molecule has 2 nitrogen and oxygen atoms in total. The van der Waals surface area contributed by atoms with Crippen molar-refractivity contribution in [3.63, 3.8) is 0 Å². The molecule has 0 atom stereocenters. The maximum absolute atomic E-state index is 2.77. The molecule has 18 rings (SSSR count). The largest absolute Gasteiger partial charge is 0.311 e. The zero-order valence-corrected chi connectivity index (χ0v) is 55.6. The molecular weight excluding hydrogens is 1120 g/mol. The van der Waals surface area contributed by atoms with E-state index in [1.54, 1.807) is 0 Å². The second-order valence-corrected chi connectivity index (χ2v) is 31.6. The van der Waals surface area contributed by atoms with Crippen molar-refractivity contribution in [3.05, 3.63) is 315 Å². The molecule has 0 saturated carbocycles. The molecule has 0 saturated heterocycles. The summed E-state index contributed by atoms with van der Waals surface area (Å²) in [6.45, 7) is 28.4. The number of rotatable bonds is 3. The maximum Gasteiger partial charge on any atom is 0.252 e. The molecule has 0 radical (unpaired) electrons. The van der Waals surface area contributed by atoms with Gasteiger partial charge in [0.05, 0.1) is 22.2 Å². The number of hydrogen-bond donors (Lipinski definition) is 0. The fourth-order valence-corrected chi connectivity index (χ4v) is 17.9. The minimum absolute atomic E-state index is 0.112. The van der Waals surface area contributed by atoms with Gasteiger partial charge in [-0.25, -0.2) is 0 Å². The Labute approximate surface area is 550 Å². The van der Waals surface area contributed by atoms with Crippen molar-refractivity contribution in [2.45, 2.75) is 116 Å². The van der Waals surface area contributed by atoms with E-state index in [-0.39, 0.29) is 28.4 Å². The standard InChI is InChI=1S/C90H77BN2/c1-85(2,3)56-43-45-76-74(52-56)91-75-53-57(86(4,5)6)44-46-77(75)93(79-42-26-34-67-65-32-18-24-40-73(65)90(83(67)79)70-37-21-15-29-62(70)63-30-16-22-38-71(63)90)81-50-55(54-47-58(87(7,8)9)51-59(48-54)88(10,11)12)49-80(84(81)91)92(76)78-41-25-33-66-64-31-17-23-39-72(64)89(82(66)78)68-35-19-13-27-60(68)61-28-14-20-36-69(61)89/h13-53H,1-12H3. The molecule has 12 aromatic carbocycles. The molecule has 12 aromatic rings. The molecule has 93 heavy (non-hydrogen) atoms. The SMILES string of the molecule is CC(C)(C)c1cc(-c2cc3c4c(c2)N(c2cccc5c2C2(c6ccccc6-c6ccccc62)c2ccccc2-5)c2ccc(C(C)(C)C)cc2B4c2cc(C(C)(C)C)ccc2N3c2cccc3c2C2(c4ccccc4-c4ccccc42)c2ccccc2-3)cc(C(C)(C)C)c1. The summed E-state index contributed by atoms with van der Waals surface area (Å²) >= 11 is 0. The third-order valence-corrected chi connectivity index (χ3v) is 22.3. The molecule has 450 valence electrons. The molecular formula is C90H77BN2. The highest BCUT2D eigenvalue weighted by Gasteiger charge is 2.57. The first-order valence-electron chi connectivity index (χ1n) is 33.8. The van der Waals surface area contributed by atoms with Crippen LogP contribution in [0.25, 0.3) is 55.6 Å². The van der Waals surface area contributed by atoms with Crippen molar-refractivity contribution in [2.24, 2.45) is 0 Å². The molecule has 0 unspecified atom stereocenters. The minimum atomic E-state index is -0.611. The highest BCUT2D eigenvalue weighted by Crippen LogP contribution is 2.68. The van der Waals surface area contributed by atoms with Gasteiger partial charge in [-0.2, -0.15) is 0 Å². The summed E-state index contributed by atoms with van der Waals surface area (Å²) in [6.07, 6.45) is 0.